The van der Waals surface area contributed by atoms with E-state index >= 15 is 0 Å². The molecule has 0 atom stereocenters. The molecule has 1 saturated carbocycles. The molecule has 1 N–H and O–H groups in total. The first-order valence-electron chi connectivity index (χ1n) is 4.52. The quantitative estimate of drug-likeness (QED) is 0.667. The second-order valence-electron chi connectivity index (χ2n) is 4.08. The van der Waals surface area contributed by atoms with Crippen molar-refractivity contribution in [2.75, 3.05) is 20.6 Å². The van der Waals surface area contributed by atoms with Crippen LogP contribution in [0.15, 0.2) is 0 Å². The molecule has 3 heteroatoms. The third-order valence-corrected chi connectivity index (χ3v) is 2.20. The molecule has 1 rings (SSSR count). The van der Waals surface area contributed by atoms with E-state index in [2.05, 4.69) is 12.2 Å². The van der Waals surface area contributed by atoms with E-state index in [0.717, 1.165) is 18.8 Å². The maximum atomic E-state index is 11.2. The smallest absolute Gasteiger partial charge is 0.234 e. The van der Waals surface area contributed by atoms with Crippen LogP contribution in [0.5, 0.6) is 0 Å². The van der Waals surface area contributed by atoms with Crippen LogP contribution in [-0.2, 0) is 4.79 Å². The van der Waals surface area contributed by atoms with E-state index in [-0.39, 0.29) is 5.91 Å². The first-order chi connectivity index (χ1) is 5.58. The largest absolute Gasteiger partial charge is 0.352 e. The monoisotopic (exact) mass is 170 g/mol. The van der Waals surface area contributed by atoms with Crippen molar-refractivity contribution in [3.05, 3.63) is 0 Å². The molecule has 0 aromatic carbocycles. The zero-order valence-electron chi connectivity index (χ0n) is 8.13. The van der Waals surface area contributed by atoms with Gasteiger partial charge in [-0.05, 0) is 32.9 Å². The average Bonchev–Trinajstić information content (AvgIpc) is 1.82. The molecule has 0 heterocycles. The van der Waals surface area contributed by atoms with Gasteiger partial charge in [-0.1, -0.05) is 6.92 Å². The van der Waals surface area contributed by atoms with Gasteiger partial charge < -0.3 is 10.2 Å². The van der Waals surface area contributed by atoms with Gasteiger partial charge in [-0.2, -0.15) is 0 Å². The molecule has 0 radical (unpaired) electrons. The number of rotatable bonds is 3. The van der Waals surface area contributed by atoms with E-state index in [9.17, 15) is 4.79 Å². The van der Waals surface area contributed by atoms with Crippen LogP contribution in [0.3, 0.4) is 0 Å². The van der Waals surface area contributed by atoms with Gasteiger partial charge >= 0.3 is 0 Å². The van der Waals surface area contributed by atoms with Crippen molar-refractivity contribution in [3.63, 3.8) is 0 Å². The van der Waals surface area contributed by atoms with E-state index < -0.39 is 0 Å². The maximum absolute atomic E-state index is 11.2. The van der Waals surface area contributed by atoms with E-state index in [4.69, 9.17) is 0 Å². The molecule has 1 aliphatic carbocycles. The Morgan fingerprint density at radius 2 is 2.08 bits per heavy atom. The van der Waals surface area contributed by atoms with E-state index in [1.54, 1.807) is 0 Å². The summed E-state index contributed by atoms with van der Waals surface area (Å²) in [6, 6.07) is 0.451. The van der Waals surface area contributed by atoms with Crippen molar-refractivity contribution in [1.82, 2.24) is 10.2 Å². The molecule has 0 aromatic heterocycles. The van der Waals surface area contributed by atoms with Gasteiger partial charge in [-0.25, -0.2) is 0 Å². The van der Waals surface area contributed by atoms with Gasteiger partial charge in [0.2, 0.25) is 5.91 Å². The Labute approximate surface area is 74.1 Å². The van der Waals surface area contributed by atoms with Gasteiger partial charge in [0.25, 0.3) is 0 Å². The molecule has 0 spiro atoms. The second-order valence-corrected chi connectivity index (χ2v) is 4.08. The van der Waals surface area contributed by atoms with Gasteiger partial charge in [-0.15, -0.1) is 0 Å². The number of hydrogen-bond donors (Lipinski definition) is 1. The summed E-state index contributed by atoms with van der Waals surface area (Å²) in [7, 11) is 3.81. The highest BCUT2D eigenvalue weighted by Gasteiger charge is 2.26. The van der Waals surface area contributed by atoms with Crippen LogP contribution >= 0.6 is 0 Å². The first-order valence-corrected chi connectivity index (χ1v) is 4.52. The summed E-state index contributed by atoms with van der Waals surface area (Å²) in [6.07, 6.45) is 2.30. The summed E-state index contributed by atoms with van der Waals surface area (Å²) >= 11 is 0. The van der Waals surface area contributed by atoms with E-state index in [1.807, 2.05) is 19.0 Å². The number of nitrogens with one attached hydrogen (secondary N) is 1. The normalized spacial score (nSPS) is 28.3. The van der Waals surface area contributed by atoms with Gasteiger partial charge in [-0.3, -0.25) is 4.79 Å². The van der Waals surface area contributed by atoms with Gasteiger partial charge in [0, 0.05) is 6.04 Å². The molecule has 0 aromatic rings. The zero-order chi connectivity index (χ0) is 9.14. The van der Waals surface area contributed by atoms with Crippen LogP contribution in [0.4, 0.5) is 0 Å². The third-order valence-electron chi connectivity index (χ3n) is 2.20. The molecule has 1 fully saturated rings. The topological polar surface area (TPSA) is 32.3 Å². The highest BCUT2D eigenvalue weighted by molar-refractivity contribution is 5.78. The van der Waals surface area contributed by atoms with Crippen molar-refractivity contribution in [1.29, 1.82) is 0 Å². The van der Waals surface area contributed by atoms with Crippen LogP contribution < -0.4 is 5.32 Å². The van der Waals surface area contributed by atoms with E-state index in [1.165, 1.54) is 0 Å². The molecular formula is C9H18N2O. The fraction of sp³-hybridized carbons (Fsp3) is 0.889. The van der Waals surface area contributed by atoms with E-state index in [0.29, 0.717) is 12.6 Å². The Bertz CT molecular complexity index is 162. The minimum Gasteiger partial charge on any atom is -0.352 e. The molecule has 70 valence electrons. The highest BCUT2D eigenvalue weighted by Crippen LogP contribution is 2.25. The van der Waals surface area contributed by atoms with Gasteiger partial charge in [0.15, 0.2) is 0 Å². The number of likely N-dealkylation sites (N-methyl/N-ethyl adjacent to an activating group) is 1. The Morgan fingerprint density at radius 1 is 1.50 bits per heavy atom. The first kappa shape index (κ1) is 9.52. The summed E-state index contributed by atoms with van der Waals surface area (Å²) in [5, 5.41) is 3.00. The summed E-state index contributed by atoms with van der Waals surface area (Å²) in [6.45, 7) is 2.72. The number of nitrogens with zero attached hydrogens (tertiary/aromatic N) is 1. The van der Waals surface area contributed by atoms with Crippen LogP contribution in [0.1, 0.15) is 19.8 Å². The van der Waals surface area contributed by atoms with Crippen LogP contribution in [0.2, 0.25) is 0 Å². The van der Waals surface area contributed by atoms with Gasteiger partial charge in [0.05, 0.1) is 6.54 Å². The van der Waals surface area contributed by atoms with Crippen LogP contribution in [0, 0.1) is 5.92 Å². The Morgan fingerprint density at radius 3 is 2.50 bits per heavy atom. The van der Waals surface area contributed by atoms with Crippen LogP contribution in [-0.4, -0.2) is 37.5 Å². The molecule has 1 amide bonds. The Balaban J connectivity index is 2.11. The summed E-state index contributed by atoms with van der Waals surface area (Å²) in [4.78, 5) is 13.1. The Hall–Kier alpha value is -0.570. The maximum Gasteiger partial charge on any atom is 0.234 e. The number of hydrogen-bond acceptors (Lipinski definition) is 2. The lowest BCUT2D eigenvalue weighted by Gasteiger charge is -2.33. The van der Waals surface area contributed by atoms with Crippen molar-refractivity contribution < 1.29 is 4.79 Å². The predicted octanol–water partition coefficient (Wildman–Crippen LogP) is 0.463. The number of carbonyl (C=O) groups is 1. The van der Waals surface area contributed by atoms with Crippen LogP contribution in [0.25, 0.3) is 0 Å². The molecule has 0 unspecified atom stereocenters. The molecule has 12 heavy (non-hydrogen) atoms. The lowest BCUT2D eigenvalue weighted by atomic mass is 9.82. The molecule has 1 aliphatic rings. The van der Waals surface area contributed by atoms with Crippen molar-refractivity contribution in [2.24, 2.45) is 5.92 Å². The lowest BCUT2D eigenvalue weighted by Crippen LogP contribution is -2.46. The minimum absolute atomic E-state index is 0.150. The molecule has 0 saturated heterocycles. The lowest BCUT2D eigenvalue weighted by molar-refractivity contribution is -0.123. The number of amides is 1. The fourth-order valence-corrected chi connectivity index (χ4v) is 1.58. The standard InChI is InChI=1S/C9H18N2O/c1-7-4-8(5-7)10-9(12)6-11(2)3/h7-8H,4-6H2,1-3H3,(H,10,12)/t7-,8-. The zero-order valence-corrected chi connectivity index (χ0v) is 8.13. The predicted molar refractivity (Wildman–Crippen MR) is 48.9 cm³/mol. The van der Waals surface area contributed by atoms with Crippen molar-refractivity contribution >= 4 is 5.91 Å². The molecule has 0 aliphatic heterocycles. The highest BCUT2D eigenvalue weighted by atomic mass is 16.2. The summed E-state index contributed by atoms with van der Waals surface area (Å²) in [5.41, 5.74) is 0. The second kappa shape index (κ2) is 3.90. The average molecular weight is 170 g/mol. The number of carbonyl (C=O) groups excluding carboxylic acids is 1. The third kappa shape index (κ3) is 2.81. The Kier molecular flexibility index (Phi) is 3.09. The summed E-state index contributed by atoms with van der Waals surface area (Å²) in [5.74, 6) is 0.951. The van der Waals surface area contributed by atoms with Crippen molar-refractivity contribution in [3.8, 4) is 0 Å². The minimum atomic E-state index is 0.150. The van der Waals surface area contributed by atoms with Gasteiger partial charge in [0.1, 0.15) is 0 Å². The molecular weight excluding hydrogens is 152 g/mol. The summed E-state index contributed by atoms with van der Waals surface area (Å²) < 4.78 is 0. The van der Waals surface area contributed by atoms with Crippen molar-refractivity contribution in [2.45, 2.75) is 25.8 Å². The molecule has 0 bridgehead atoms. The SMILES string of the molecule is CN(C)CC(=O)N[C@H]1C[C@H](C)C1. The fourth-order valence-electron chi connectivity index (χ4n) is 1.58. The molecule has 3 nitrogen and oxygen atoms in total.